The predicted molar refractivity (Wildman–Crippen MR) is 83.7 cm³/mol. The Morgan fingerprint density at radius 1 is 1.41 bits per heavy atom. The Morgan fingerprint density at radius 3 is 3.00 bits per heavy atom. The molecule has 116 valence electrons. The van der Waals surface area contributed by atoms with Gasteiger partial charge in [-0.2, -0.15) is 0 Å². The first kappa shape index (κ1) is 14.6. The van der Waals surface area contributed by atoms with Crippen LogP contribution in [0.4, 0.5) is 0 Å². The summed E-state index contributed by atoms with van der Waals surface area (Å²) in [4.78, 5) is 28.5. The molecule has 1 amide bonds. The van der Waals surface area contributed by atoms with Gasteiger partial charge in [0.1, 0.15) is 0 Å². The van der Waals surface area contributed by atoms with Gasteiger partial charge in [0.05, 0.1) is 12.3 Å². The Morgan fingerprint density at radius 2 is 2.23 bits per heavy atom. The van der Waals surface area contributed by atoms with E-state index in [1.807, 2.05) is 25.3 Å². The van der Waals surface area contributed by atoms with Gasteiger partial charge in [0.25, 0.3) is 0 Å². The summed E-state index contributed by atoms with van der Waals surface area (Å²) in [5.74, 6) is -1.23. The highest BCUT2D eigenvalue weighted by molar-refractivity contribution is 5.89. The van der Waals surface area contributed by atoms with Crippen LogP contribution in [0, 0.1) is 12.8 Å². The summed E-state index contributed by atoms with van der Waals surface area (Å²) < 4.78 is 0. The number of rotatable bonds is 3. The van der Waals surface area contributed by atoms with Crippen LogP contribution in [-0.4, -0.2) is 40.0 Å². The Hall–Kier alpha value is -2.30. The highest BCUT2D eigenvalue weighted by atomic mass is 16.4. The molecular formula is C17H20N2O3. The van der Waals surface area contributed by atoms with E-state index in [9.17, 15) is 9.59 Å². The number of amides is 1. The maximum Gasteiger partial charge on any atom is 0.308 e. The van der Waals surface area contributed by atoms with E-state index in [2.05, 4.69) is 11.1 Å². The number of aromatic nitrogens is 1. The van der Waals surface area contributed by atoms with Crippen molar-refractivity contribution in [2.24, 2.45) is 5.92 Å². The van der Waals surface area contributed by atoms with Gasteiger partial charge in [0.15, 0.2) is 0 Å². The number of H-pyrrole nitrogens is 1. The Balaban J connectivity index is 1.74. The number of aromatic amines is 1. The zero-order valence-corrected chi connectivity index (χ0v) is 12.6. The molecule has 1 atom stereocenters. The lowest BCUT2D eigenvalue weighted by Gasteiger charge is -2.30. The number of carboxylic acids is 1. The number of hydrogen-bond donors (Lipinski definition) is 2. The summed E-state index contributed by atoms with van der Waals surface area (Å²) in [5, 5.41) is 10.2. The molecule has 1 unspecified atom stereocenters. The number of piperidine rings is 1. The molecule has 1 aromatic heterocycles. The van der Waals surface area contributed by atoms with Crippen LogP contribution < -0.4 is 0 Å². The number of aliphatic carboxylic acids is 1. The molecule has 1 saturated heterocycles. The van der Waals surface area contributed by atoms with Crippen molar-refractivity contribution in [3.63, 3.8) is 0 Å². The molecule has 5 nitrogen and oxygen atoms in total. The minimum atomic E-state index is -0.805. The lowest BCUT2D eigenvalue weighted by Crippen LogP contribution is -2.42. The van der Waals surface area contributed by atoms with Gasteiger partial charge in [-0.15, -0.1) is 0 Å². The number of hydrogen-bond acceptors (Lipinski definition) is 2. The Bertz CT molecular complexity index is 720. The van der Waals surface area contributed by atoms with Crippen LogP contribution in [0.2, 0.25) is 0 Å². The summed E-state index contributed by atoms with van der Waals surface area (Å²) in [5.41, 5.74) is 3.18. The molecule has 1 fully saturated rings. The summed E-state index contributed by atoms with van der Waals surface area (Å²) in [7, 11) is 0. The van der Waals surface area contributed by atoms with Crippen LogP contribution in [-0.2, 0) is 16.0 Å². The summed E-state index contributed by atoms with van der Waals surface area (Å²) >= 11 is 0. The molecule has 1 aliphatic heterocycles. The summed E-state index contributed by atoms with van der Waals surface area (Å²) in [6, 6.07) is 6.12. The predicted octanol–water partition coefficient (Wildman–Crippen LogP) is 2.34. The van der Waals surface area contributed by atoms with Gasteiger partial charge in [0, 0.05) is 30.2 Å². The minimum absolute atomic E-state index is 0.00688. The van der Waals surface area contributed by atoms with Gasteiger partial charge in [0.2, 0.25) is 5.91 Å². The van der Waals surface area contributed by atoms with E-state index in [1.165, 1.54) is 5.56 Å². The van der Waals surface area contributed by atoms with Gasteiger partial charge in [-0.1, -0.05) is 12.1 Å². The molecular weight excluding hydrogens is 280 g/mol. The van der Waals surface area contributed by atoms with E-state index in [4.69, 9.17) is 5.11 Å². The van der Waals surface area contributed by atoms with Gasteiger partial charge in [-0.05, 0) is 37.0 Å². The monoisotopic (exact) mass is 300 g/mol. The minimum Gasteiger partial charge on any atom is -0.481 e. The van der Waals surface area contributed by atoms with Crippen LogP contribution >= 0.6 is 0 Å². The Kier molecular flexibility index (Phi) is 3.88. The van der Waals surface area contributed by atoms with Gasteiger partial charge in [-0.25, -0.2) is 0 Å². The number of nitrogens with zero attached hydrogens (tertiary/aromatic N) is 1. The lowest BCUT2D eigenvalue weighted by molar-refractivity contribution is -0.145. The lowest BCUT2D eigenvalue weighted by atomic mass is 9.97. The third kappa shape index (κ3) is 2.84. The number of fused-ring (bicyclic) bond motifs is 1. The molecule has 0 aliphatic carbocycles. The quantitative estimate of drug-likeness (QED) is 0.913. The van der Waals surface area contributed by atoms with E-state index >= 15 is 0 Å². The number of aryl methyl sites for hydroxylation is 1. The number of carbonyl (C=O) groups excluding carboxylic acids is 1. The van der Waals surface area contributed by atoms with Gasteiger partial charge >= 0.3 is 5.97 Å². The summed E-state index contributed by atoms with van der Waals surface area (Å²) in [6.45, 7) is 3.02. The molecule has 0 spiro atoms. The summed E-state index contributed by atoms with van der Waals surface area (Å²) in [6.07, 6.45) is 3.61. The van der Waals surface area contributed by atoms with Crippen LogP contribution in [0.25, 0.3) is 10.9 Å². The fourth-order valence-electron chi connectivity index (χ4n) is 3.13. The van der Waals surface area contributed by atoms with Crippen molar-refractivity contribution in [2.45, 2.75) is 26.2 Å². The van der Waals surface area contributed by atoms with Crippen molar-refractivity contribution in [1.82, 2.24) is 9.88 Å². The topological polar surface area (TPSA) is 73.4 Å². The molecule has 0 radical (unpaired) electrons. The van der Waals surface area contributed by atoms with Gasteiger partial charge in [-0.3, -0.25) is 9.59 Å². The van der Waals surface area contributed by atoms with E-state index in [0.717, 1.165) is 22.9 Å². The average molecular weight is 300 g/mol. The zero-order chi connectivity index (χ0) is 15.7. The zero-order valence-electron chi connectivity index (χ0n) is 12.6. The normalized spacial score (nSPS) is 18.6. The van der Waals surface area contributed by atoms with E-state index < -0.39 is 11.9 Å². The second-order valence-electron chi connectivity index (χ2n) is 6.06. The SMILES string of the molecule is Cc1ccc2c(CC(=O)N3CCCC(C(=O)O)C3)c[nH]c2c1. The van der Waals surface area contributed by atoms with E-state index in [1.54, 1.807) is 4.90 Å². The van der Waals surface area contributed by atoms with E-state index in [0.29, 0.717) is 25.9 Å². The van der Waals surface area contributed by atoms with Crippen molar-refractivity contribution in [2.75, 3.05) is 13.1 Å². The van der Waals surface area contributed by atoms with Crippen molar-refractivity contribution < 1.29 is 14.7 Å². The fraction of sp³-hybridized carbons (Fsp3) is 0.412. The van der Waals surface area contributed by atoms with Crippen LogP contribution in [0.1, 0.15) is 24.0 Å². The number of likely N-dealkylation sites (tertiary alicyclic amines) is 1. The second-order valence-corrected chi connectivity index (χ2v) is 6.06. The largest absolute Gasteiger partial charge is 0.481 e. The highest BCUT2D eigenvalue weighted by Gasteiger charge is 2.28. The number of carbonyl (C=O) groups is 2. The molecule has 0 bridgehead atoms. The molecule has 1 aliphatic rings. The molecule has 1 aromatic carbocycles. The second kappa shape index (κ2) is 5.83. The van der Waals surface area contributed by atoms with Crippen LogP contribution in [0.3, 0.4) is 0 Å². The number of nitrogens with one attached hydrogen (secondary N) is 1. The molecule has 3 rings (SSSR count). The molecule has 2 heterocycles. The molecule has 22 heavy (non-hydrogen) atoms. The third-order valence-electron chi connectivity index (χ3n) is 4.39. The average Bonchev–Trinajstić information content (AvgIpc) is 2.89. The van der Waals surface area contributed by atoms with Crippen LogP contribution in [0.15, 0.2) is 24.4 Å². The smallest absolute Gasteiger partial charge is 0.308 e. The standard InChI is InChI=1S/C17H20N2O3/c1-11-4-5-14-13(9-18-15(14)7-11)8-16(20)19-6-2-3-12(10-19)17(21)22/h4-5,7,9,12,18H,2-3,6,8,10H2,1H3,(H,21,22). The van der Waals surface area contributed by atoms with Crippen LogP contribution in [0.5, 0.6) is 0 Å². The van der Waals surface area contributed by atoms with E-state index in [-0.39, 0.29) is 5.91 Å². The van der Waals surface area contributed by atoms with Crippen molar-refractivity contribution >= 4 is 22.8 Å². The van der Waals surface area contributed by atoms with Crippen molar-refractivity contribution in [3.05, 3.63) is 35.5 Å². The maximum atomic E-state index is 12.5. The van der Waals surface area contributed by atoms with Crippen molar-refractivity contribution in [1.29, 1.82) is 0 Å². The number of benzene rings is 1. The van der Waals surface area contributed by atoms with Gasteiger partial charge < -0.3 is 15.0 Å². The van der Waals surface area contributed by atoms with Crippen molar-refractivity contribution in [3.8, 4) is 0 Å². The first-order valence-corrected chi connectivity index (χ1v) is 7.62. The number of carboxylic acid groups (broad SMARTS) is 1. The maximum absolute atomic E-state index is 12.5. The molecule has 5 heteroatoms. The fourth-order valence-corrected chi connectivity index (χ4v) is 3.13. The first-order chi connectivity index (χ1) is 10.5. The Labute approximate surface area is 128 Å². The molecule has 2 N–H and O–H groups in total. The highest BCUT2D eigenvalue weighted by Crippen LogP contribution is 2.22. The molecule has 2 aromatic rings. The molecule has 0 saturated carbocycles. The third-order valence-corrected chi connectivity index (χ3v) is 4.39. The first-order valence-electron chi connectivity index (χ1n) is 7.62.